The van der Waals surface area contributed by atoms with Gasteiger partial charge in [-0.2, -0.15) is 0 Å². The SMILES string of the molecule is C[C@@H](C(=O)O)N1CC(C)(C)C1. The van der Waals surface area contributed by atoms with Crippen molar-refractivity contribution in [1.29, 1.82) is 0 Å². The molecule has 1 saturated heterocycles. The Hall–Kier alpha value is -0.570. The van der Waals surface area contributed by atoms with Gasteiger partial charge in [-0.05, 0) is 12.3 Å². The number of nitrogens with zero attached hydrogens (tertiary/aromatic N) is 1. The number of aliphatic carboxylic acids is 1. The van der Waals surface area contributed by atoms with Crippen molar-refractivity contribution in [2.75, 3.05) is 13.1 Å². The Bertz CT molecular complexity index is 169. The van der Waals surface area contributed by atoms with Crippen molar-refractivity contribution in [3.8, 4) is 0 Å². The molecule has 0 aromatic rings. The van der Waals surface area contributed by atoms with Gasteiger partial charge < -0.3 is 5.11 Å². The topological polar surface area (TPSA) is 40.5 Å². The average molecular weight is 157 g/mol. The Morgan fingerprint density at radius 3 is 2.27 bits per heavy atom. The maximum absolute atomic E-state index is 10.5. The normalized spacial score (nSPS) is 25.7. The minimum atomic E-state index is -0.722. The molecule has 1 fully saturated rings. The van der Waals surface area contributed by atoms with Gasteiger partial charge in [-0.1, -0.05) is 13.8 Å². The van der Waals surface area contributed by atoms with E-state index >= 15 is 0 Å². The highest BCUT2D eigenvalue weighted by molar-refractivity contribution is 5.73. The molecule has 11 heavy (non-hydrogen) atoms. The van der Waals surface area contributed by atoms with Gasteiger partial charge in [0.05, 0.1) is 0 Å². The molecule has 0 saturated carbocycles. The summed E-state index contributed by atoms with van der Waals surface area (Å²) in [4.78, 5) is 12.5. The first-order valence-corrected chi connectivity index (χ1v) is 3.89. The lowest BCUT2D eigenvalue weighted by Crippen LogP contribution is -2.58. The van der Waals surface area contributed by atoms with Crippen LogP contribution in [0.5, 0.6) is 0 Å². The molecule has 1 atom stereocenters. The van der Waals surface area contributed by atoms with E-state index in [-0.39, 0.29) is 6.04 Å². The lowest BCUT2D eigenvalue weighted by molar-refractivity contribution is -0.147. The molecule has 0 radical (unpaired) electrons. The molecule has 0 amide bonds. The second kappa shape index (κ2) is 2.48. The van der Waals surface area contributed by atoms with Gasteiger partial charge in [0.25, 0.3) is 0 Å². The molecule has 0 aromatic carbocycles. The summed E-state index contributed by atoms with van der Waals surface area (Å²) in [5, 5.41) is 8.65. The molecule has 0 bridgehead atoms. The molecule has 64 valence electrons. The fraction of sp³-hybridized carbons (Fsp3) is 0.875. The molecular weight excluding hydrogens is 142 g/mol. The standard InChI is InChI=1S/C8H15NO2/c1-6(7(10)11)9-4-8(2,3)5-9/h6H,4-5H2,1-3H3,(H,10,11)/t6-/m0/s1. The van der Waals surface area contributed by atoms with Crippen molar-refractivity contribution >= 4 is 5.97 Å². The van der Waals surface area contributed by atoms with Crippen LogP contribution in [0.3, 0.4) is 0 Å². The molecule has 0 aromatic heterocycles. The van der Waals surface area contributed by atoms with E-state index in [2.05, 4.69) is 13.8 Å². The number of carboxylic acid groups (broad SMARTS) is 1. The van der Waals surface area contributed by atoms with E-state index in [4.69, 9.17) is 5.11 Å². The lowest BCUT2D eigenvalue weighted by atomic mass is 9.83. The number of carboxylic acids is 1. The zero-order chi connectivity index (χ0) is 8.65. The number of likely N-dealkylation sites (tertiary alicyclic amines) is 1. The van der Waals surface area contributed by atoms with Crippen molar-refractivity contribution in [1.82, 2.24) is 4.90 Å². The van der Waals surface area contributed by atoms with E-state index in [1.54, 1.807) is 6.92 Å². The number of hydrogen-bond donors (Lipinski definition) is 1. The highest BCUT2D eigenvalue weighted by atomic mass is 16.4. The van der Waals surface area contributed by atoms with Gasteiger partial charge in [-0.25, -0.2) is 0 Å². The Morgan fingerprint density at radius 1 is 1.55 bits per heavy atom. The Balaban J connectivity index is 2.38. The Labute approximate surface area is 67.0 Å². The maximum atomic E-state index is 10.5. The summed E-state index contributed by atoms with van der Waals surface area (Å²) in [7, 11) is 0. The smallest absolute Gasteiger partial charge is 0.320 e. The fourth-order valence-electron chi connectivity index (χ4n) is 1.48. The fourth-order valence-corrected chi connectivity index (χ4v) is 1.48. The van der Waals surface area contributed by atoms with Crippen LogP contribution in [0.15, 0.2) is 0 Å². The van der Waals surface area contributed by atoms with Gasteiger partial charge >= 0.3 is 5.97 Å². The van der Waals surface area contributed by atoms with Crippen LogP contribution in [-0.2, 0) is 4.79 Å². The van der Waals surface area contributed by atoms with Crippen LogP contribution >= 0.6 is 0 Å². The molecule has 1 aliphatic rings. The molecule has 0 spiro atoms. The Morgan fingerprint density at radius 2 is 2.00 bits per heavy atom. The minimum absolute atomic E-state index is 0.317. The molecule has 1 N–H and O–H groups in total. The summed E-state index contributed by atoms with van der Waals surface area (Å²) in [5.41, 5.74) is 0.323. The van der Waals surface area contributed by atoms with Crippen molar-refractivity contribution < 1.29 is 9.90 Å². The zero-order valence-electron chi connectivity index (χ0n) is 7.29. The minimum Gasteiger partial charge on any atom is -0.480 e. The predicted molar refractivity (Wildman–Crippen MR) is 42.5 cm³/mol. The number of hydrogen-bond acceptors (Lipinski definition) is 2. The predicted octanol–water partition coefficient (Wildman–Crippen LogP) is 0.801. The van der Waals surface area contributed by atoms with Crippen LogP contribution in [0.4, 0.5) is 0 Å². The van der Waals surface area contributed by atoms with Crippen molar-refractivity contribution in [2.45, 2.75) is 26.8 Å². The number of rotatable bonds is 2. The zero-order valence-corrected chi connectivity index (χ0v) is 7.29. The lowest BCUT2D eigenvalue weighted by Gasteiger charge is -2.47. The monoisotopic (exact) mass is 157 g/mol. The van der Waals surface area contributed by atoms with Gasteiger partial charge in [0.1, 0.15) is 6.04 Å². The summed E-state index contributed by atoms with van der Waals surface area (Å²) in [6, 6.07) is -0.317. The van der Waals surface area contributed by atoms with Gasteiger partial charge in [0, 0.05) is 13.1 Å². The van der Waals surface area contributed by atoms with E-state index in [9.17, 15) is 4.79 Å². The largest absolute Gasteiger partial charge is 0.480 e. The van der Waals surface area contributed by atoms with Gasteiger partial charge in [0.15, 0.2) is 0 Å². The van der Waals surface area contributed by atoms with E-state index in [1.807, 2.05) is 4.90 Å². The maximum Gasteiger partial charge on any atom is 0.320 e. The summed E-state index contributed by atoms with van der Waals surface area (Å²) in [6.45, 7) is 7.84. The third-order valence-electron chi connectivity index (χ3n) is 2.17. The highest BCUT2D eigenvalue weighted by Crippen LogP contribution is 2.30. The van der Waals surface area contributed by atoms with Crippen LogP contribution in [0.1, 0.15) is 20.8 Å². The van der Waals surface area contributed by atoms with Gasteiger partial charge in [-0.15, -0.1) is 0 Å². The van der Waals surface area contributed by atoms with Crippen molar-refractivity contribution in [3.05, 3.63) is 0 Å². The molecule has 1 heterocycles. The van der Waals surface area contributed by atoms with Gasteiger partial charge in [0.2, 0.25) is 0 Å². The van der Waals surface area contributed by atoms with E-state index < -0.39 is 5.97 Å². The van der Waals surface area contributed by atoms with Crippen LogP contribution in [-0.4, -0.2) is 35.1 Å². The van der Waals surface area contributed by atoms with Crippen LogP contribution < -0.4 is 0 Å². The summed E-state index contributed by atoms with van der Waals surface area (Å²) in [6.07, 6.45) is 0. The van der Waals surface area contributed by atoms with Crippen LogP contribution in [0.2, 0.25) is 0 Å². The first kappa shape index (κ1) is 8.53. The molecule has 0 unspecified atom stereocenters. The molecule has 0 aliphatic carbocycles. The van der Waals surface area contributed by atoms with E-state index in [0.717, 1.165) is 13.1 Å². The molecule has 1 rings (SSSR count). The third-order valence-corrected chi connectivity index (χ3v) is 2.17. The van der Waals surface area contributed by atoms with Crippen molar-refractivity contribution in [2.24, 2.45) is 5.41 Å². The summed E-state index contributed by atoms with van der Waals surface area (Å²) >= 11 is 0. The molecule has 1 aliphatic heterocycles. The molecular formula is C8H15NO2. The average Bonchev–Trinajstić information content (AvgIpc) is 1.80. The molecule has 3 nitrogen and oxygen atoms in total. The summed E-state index contributed by atoms with van der Waals surface area (Å²) in [5.74, 6) is -0.722. The van der Waals surface area contributed by atoms with Crippen molar-refractivity contribution in [3.63, 3.8) is 0 Å². The second-order valence-corrected chi connectivity index (χ2v) is 4.08. The van der Waals surface area contributed by atoms with E-state index in [1.165, 1.54) is 0 Å². The summed E-state index contributed by atoms with van der Waals surface area (Å²) < 4.78 is 0. The molecule has 3 heteroatoms. The van der Waals surface area contributed by atoms with Crippen LogP contribution in [0, 0.1) is 5.41 Å². The van der Waals surface area contributed by atoms with Crippen LogP contribution in [0.25, 0.3) is 0 Å². The first-order chi connectivity index (χ1) is 4.92. The van der Waals surface area contributed by atoms with E-state index in [0.29, 0.717) is 5.41 Å². The Kier molecular flexibility index (Phi) is 1.92. The quantitative estimate of drug-likeness (QED) is 0.644. The number of carbonyl (C=O) groups is 1. The van der Waals surface area contributed by atoms with Gasteiger partial charge in [-0.3, -0.25) is 9.69 Å². The third kappa shape index (κ3) is 1.71. The second-order valence-electron chi connectivity index (χ2n) is 4.08. The highest BCUT2D eigenvalue weighted by Gasteiger charge is 2.38. The first-order valence-electron chi connectivity index (χ1n) is 3.89.